The first-order valence-electron chi connectivity index (χ1n) is 8.79. The standard InChI is InChI=1S/C22H19F2N2/c1-12-8-16-15-10-13(23)4-6-18(15)26(3)22-17-11-14(24)5-7-19(17)25(2)20(9-12)21(16)22/h4-11,17,19H,1-3H3/q+1. The van der Waals surface area contributed by atoms with E-state index in [9.17, 15) is 8.78 Å². The van der Waals surface area contributed by atoms with Crippen LogP contribution in [0.1, 0.15) is 17.2 Å². The molecule has 0 N–H and O–H groups in total. The SMILES string of the molecule is Cc1cc2c3c([n+](C)c4ccc(F)cc4c3c1)C1C=C(F)C=CC1N2C. The molecule has 1 aromatic heterocycles. The summed E-state index contributed by atoms with van der Waals surface area (Å²) in [6.07, 6.45) is 5.19. The molecule has 0 spiro atoms. The summed E-state index contributed by atoms with van der Waals surface area (Å²) < 4.78 is 30.2. The Morgan fingerprint density at radius 3 is 2.69 bits per heavy atom. The van der Waals surface area contributed by atoms with Crippen molar-refractivity contribution in [3.05, 3.63) is 71.5 Å². The molecule has 1 aliphatic heterocycles. The van der Waals surface area contributed by atoms with Gasteiger partial charge in [0.15, 0.2) is 0 Å². The molecule has 26 heavy (non-hydrogen) atoms. The van der Waals surface area contributed by atoms with Crippen LogP contribution in [0.4, 0.5) is 14.5 Å². The number of aromatic nitrogens is 1. The van der Waals surface area contributed by atoms with Gasteiger partial charge < -0.3 is 4.90 Å². The van der Waals surface area contributed by atoms with Crippen LogP contribution in [0, 0.1) is 12.7 Å². The molecular weight excluding hydrogens is 330 g/mol. The number of hydrogen-bond donors (Lipinski definition) is 0. The van der Waals surface area contributed by atoms with Crippen molar-refractivity contribution in [1.29, 1.82) is 0 Å². The zero-order chi connectivity index (χ0) is 18.2. The fourth-order valence-corrected chi connectivity index (χ4v) is 4.64. The minimum atomic E-state index is -0.246. The number of benzene rings is 2. The molecule has 2 atom stereocenters. The van der Waals surface area contributed by atoms with Gasteiger partial charge in [0.2, 0.25) is 11.2 Å². The van der Waals surface area contributed by atoms with Gasteiger partial charge in [0.1, 0.15) is 18.7 Å². The van der Waals surface area contributed by atoms with Crippen LogP contribution in [0.15, 0.2) is 54.4 Å². The van der Waals surface area contributed by atoms with Crippen LogP contribution >= 0.6 is 0 Å². The highest BCUT2D eigenvalue weighted by molar-refractivity contribution is 6.11. The molecule has 3 aromatic rings. The van der Waals surface area contributed by atoms with E-state index in [1.165, 1.54) is 6.07 Å². The Morgan fingerprint density at radius 2 is 1.88 bits per heavy atom. The molecule has 0 radical (unpaired) electrons. The number of likely N-dealkylation sites (N-methyl/N-ethyl adjacent to an activating group) is 1. The van der Waals surface area contributed by atoms with Crippen molar-refractivity contribution < 1.29 is 13.3 Å². The van der Waals surface area contributed by atoms with Gasteiger partial charge in [-0.1, -0.05) is 12.1 Å². The van der Waals surface area contributed by atoms with E-state index in [2.05, 4.69) is 28.5 Å². The van der Waals surface area contributed by atoms with Crippen LogP contribution in [-0.2, 0) is 7.05 Å². The summed E-state index contributed by atoms with van der Waals surface area (Å²) in [6.45, 7) is 2.06. The van der Waals surface area contributed by atoms with Crippen LogP contribution in [0.25, 0.3) is 21.7 Å². The summed E-state index contributed by atoms with van der Waals surface area (Å²) in [5, 5.41) is 2.99. The van der Waals surface area contributed by atoms with Gasteiger partial charge in [0.25, 0.3) is 0 Å². The maximum atomic E-state index is 14.1. The Labute approximate surface area is 150 Å². The second kappa shape index (κ2) is 5.13. The first kappa shape index (κ1) is 15.5. The molecule has 2 heterocycles. The molecule has 0 bridgehead atoms. The molecule has 130 valence electrons. The molecule has 1 aliphatic carbocycles. The predicted octanol–water partition coefficient (Wildman–Crippen LogP) is 4.59. The molecule has 2 nitrogen and oxygen atoms in total. The molecular formula is C22H19F2N2+. The lowest BCUT2D eigenvalue weighted by Gasteiger charge is -2.38. The summed E-state index contributed by atoms with van der Waals surface area (Å²) in [6, 6.07) is 9.24. The van der Waals surface area contributed by atoms with E-state index in [0.717, 1.165) is 38.6 Å². The third-order valence-electron chi connectivity index (χ3n) is 5.79. The number of rotatable bonds is 0. The largest absolute Gasteiger partial charge is 0.366 e. The van der Waals surface area contributed by atoms with E-state index in [1.807, 2.05) is 26.2 Å². The fraction of sp³-hybridized carbons (Fsp3) is 0.227. The van der Waals surface area contributed by atoms with Gasteiger partial charge in [0, 0.05) is 18.5 Å². The maximum absolute atomic E-state index is 14.1. The zero-order valence-corrected chi connectivity index (χ0v) is 14.9. The van der Waals surface area contributed by atoms with Crippen molar-refractivity contribution >= 4 is 27.4 Å². The fourth-order valence-electron chi connectivity index (χ4n) is 4.64. The van der Waals surface area contributed by atoms with Crippen LogP contribution in [0.3, 0.4) is 0 Å². The van der Waals surface area contributed by atoms with E-state index in [0.29, 0.717) is 0 Å². The molecule has 4 heteroatoms. The summed E-state index contributed by atoms with van der Waals surface area (Å²) in [4.78, 5) is 2.21. The third-order valence-corrected chi connectivity index (χ3v) is 5.79. The lowest BCUT2D eigenvalue weighted by Crippen LogP contribution is -2.46. The molecule has 5 rings (SSSR count). The first-order chi connectivity index (χ1) is 12.5. The van der Waals surface area contributed by atoms with E-state index in [4.69, 9.17) is 0 Å². The van der Waals surface area contributed by atoms with Crippen LogP contribution in [0.5, 0.6) is 0 Å². The normalized spacial score (nSPS) is 21.3. The predicted molar refractivity (Wildman–Crippen MR) is 101 cm³/mol. The van der Waals surface area contributed by atoms with Crippen molar-refractivity contribution in [2.24, 2.45) is 7.05 Å². The highest BCUT2D eigenvalue weighted by Crippen LogP contribution is 2.45. The number of pyridine rings is 1. The summed E-state index contributed by atoms with van der Waals surface area (Å²) in [5.74, 6) is -0.533. The van der Waals surface area contributed by atoms with Gasteiger partial charge >= 0.3 is 0 Å². The van der Waals surface area contributed by atoms with Gasteiger partial charge in [-0.25, -0.2) is 8.78 Å². The number of hydrogen-bond acceptors (Lipinski definition) is 1. The van der Waals surface area contributed by atoms with Gasteiger partial charge in [-0.2, -0.15) is 4.57 Å². The summed E-state index contributed by atoms with van der Waals surface area (Å²) in [7, 11) is 4.04. The Morgan fingerprint density at radius 1 is 1.08 bits per heavy atom. The highest BCUT2D eigenvalue weighted by atomic mass is 19.1. The molecule has 2 aliphatic rings. The Balaban J connectivity index is 2.02. The summed E-state index contributed by atoms with van der Waals surface area (Å²) >= 11 is 0. The van der Waals surface area contributed by atoms with Crippen molar-refractivity contribution in [2.75, 3.05) is 11.9 Å². The molecule has 0 saturated heterocycles. The van der Waals surface area contributed by atoms with Crippen molar-refractivity contribution in [3.63, 3.8) is 0 Å². The zero-order valence-electron chi connectivity index (χ0n) is 14.9. The van der Waals surface area contributed by atoms with E-state index in [-0.39, 0.29) is 23.6 Å². The molecule has 0 saturated carbocycles. The number of allylic oxidation sites excluding steroid dienone is 2. The average Bonchev–Trinajstić information content (AvgIpc) is 2.61. The monoisotopic (exact) mass is 349 g/mol. The first-order valence-corrected chi connectivity index (χ1v) is 8.79. The number of fused-ring (bicyclic) bond motifs is 4. The highest BCUT2D eigenvalue weighted by Gasteiger charge is 2.40. The minimum Gasteiger partial charge on any atom is -0.366 e. The van der Waals surface area contributed by atoms with E-state index >= 15 is 0 Å². The number of halogens is 2. The topological polar surface area (TPSA) is 7.12 Å². The minimum absolute atomic E-state index is 0.0658. The number of aryl methyl sites for hydroxylation is 2. The Kier molecular flexibility index (Phi) is 3.06. The van der Waals surface area contributed by atoms with E-state index < -0.39 is 0 Å². The lowest BCUT2D eigenvalue weighted by molar-refractivity contribution is -0.652. The Bertz CT molecular complexity index is 1160. The lowest BCUT2D eigenvalue weighted by atomic mass is 9.82. The van der Waals surface area contributed by atoms with Gasteiger partial charge in [0.05, 0.1) is 28.4 Å². The number of nitrogens with zero attached hydrogens (tertiary/aromatic N) is 2. The third kappa shape index (κ3) is 1.93. The molecule has 0 amide bonds. The number of anilines is 1. The second-order valence-corrected chi connectivity index (χ2v) is 7.35. The van der Waals surface area contributed by atoms with Crippen LogP contribution in [0.2, 0.25) is 0 Å². The van der Waals surface area contributed by atoms with Crippen LogP contribution < -0.4 is 9.47 Å². The van der Waals surface area contributed by atoms with Gasteiger partial charge in [-0.05, 0) is 42.8 Å². The average molecular weight is 349 g/mol. The Hall–Kier alpha value is -2.75. The van der Waals surface area contributed by atoms with Gasteiger partial charge in [-0.3, -0.25) is 0 Å². The van der Waals surface area contributed by atoms with Crippen molar-refractivity contribution in [2.45, 2.75) is 18.9 Å². The van der Waals surface area contributed by atoms with Crippen molar-refractivity contribution in [1.82, 2.24) is 0 Å². The quantitative estimate of drug-likeness (QED) is 0.425. The van der Waals surface area contributed by atoms with Crippen LogP contribution in [-0.4, -0.2) is 13.1 Å². The summed E-state index contributed by atoms with van der Waals surface area (Å²) in [5.41, 5.74) is 4.27. The molecule has 0 fully saturated rings. The smallest absolute Gasteiger partial charge is 0.213 e. The van der Waals surface area contributed by atoms with E-state index in [1.54, 1.807) is 18.2 Å². The van der Waals surface area contributed by atoms with Crippen molar-refractivity contribution in [3.8, 4) is 0 Å². The molecule has 2 aromatic carbocycles. The molecule has 2 unspecified atom stereocenters. The second-order valence-electron chi connectivity index (χ2n) is 7.35. The van der Waals surface area contributed by atoms with Gasteiger partial charge in [-0.15, -0.1) is 0 Å². The maximum Gasteiger partial charge on any atom is 0.213 e.